The first-order valence-electron chi connectivity index (χ1n) is 12.5. The van der Waals surface area contributed by atoms with Crippen LogP contribution in [0, 0.1) is 29.1 Å². The van der Waals surface area contributed by atoms with E-state index in [1.165, 1.54) is 4.90 Å². The quantitative estimate of drug-likeness (QED) is 0.549. The lowest BCUT2D eigenvalue weighted by Gasteiger charge is -2.43. The highest BCUT2D eigenvalue weighted by Crippen LogP contribution is 2.37. The number of rotatable bonds is 7. The number of aromatic carboxylic acids is 1. The molecular formula is C27H38N2O5S. The van der Waals surface area contributed by atoms with Crippen LogP contribution in [0.2, 0.25) is 0 Å². The Morgan fingerprint density at radius 3 is 2.37 bits per heavy atom. The lowest BCUT2D eigenvalue weighted by molar-refractivity contribution is -0.146. The number of thiophene rings is 1. The van der Waals surface area contributed by atoms with Gasteiger partial charge in [0, 0.05) is 31.5 Å². The van der Waals surface area contributed by atoms with Gasteiger partial charge in [-0.25, -0.2) is 4.79 Å². The minimum atomic E-state index is -1.12. The summed E-state index contributed by atoms with van der Waals surface area (Å²) in [7, 11) is 1.62. The van der Waals surface area contributed by atoms with Crippen molar-refractivity contribution in [1.29, 1.82) is 0 Å². The van der Waals surface area contributed by atoms with Gasteiger partial charge in [0.2, 0.25) is 11.8 Å². The molecule has 35 heavy (non-hydrogen) atoms. The Morgan fingerprint density at radius 2 is 1.86 bits per heavy atom. The number of likely N-dealkylation sites (tertiary alicyclic amines) is 1. The van der Waals surface area contributed by atoms with Gasteiger partial charge in [-0.2, -0.15) is 0 Å². The Bertz CT molecular complexity index is 1000. The minimum Gasteiger partial charge on any atom is -0.477 e. The average Bonchev–Trinajstić information content (AvgIpc) is 3.19. The maximum Gasteiger partial charge on any atom is 0.348 e. The number of carboxylic acid groups (broad SMARTS) is 1. The number of carboxylic acids is 1. The van der Waals surface area contributed by atoms with Crippen molar-refractivity contribution >= 4 is 34.8 Å². The van der Waals surface area contributed by atoms with Crippen LogP contribution in [0.25, 0.3) is 0 Å². The predicted octanol–water partition coefficient (Wildman–Crippen LogP) is 4.64. The number of methoxy groups -OCH3 is 1. The number of anilines is 1. The van der Waals surface area contributed by atoms with Crippen LogP contribution in [0.3, 0.4) is 0 Å². The zero-order chi connectivity index (χ0) is 25.9. The first-order valence-corrected chi connectivity index (χ1v) is 13.3. The smallest absolute Gasteiger partial charge is 0.348 e. The summed E-state index contributed by atoms with van der Waals surface area (Å²) in [6.07, 6.45) is 3.79. The van der Waals surface area contributed by atoms with Crippen molar-refractivity contribution in [1.82, 2.24) is 4.90 Å². The van der Waals surface area contributed by atoms with Crippen LogP contribution in [-0.4, -0.2) is 60.1 Å². The van der Waals surface area contributed by atoms with Gasteiger partial charge in [0.1, 0.15) is 10.9 Å². The summed E-state index contributed by atoms with van der Waals surface area (Å²) in [5.41, 5.74) is 0.0347. The van der Waals surface area contributed by atoms with Gasteiger partial charge in [0.25, 0.3) is 0 Å². The molecular weight excluding hydrogens is 464 g/mol. The van der Waals surface area contributed by atoms with Gasteiger partial charge in [0.05, 0.1) is 16.7 Å². The molecule has 7 nitrogen and oxygen atoms in total. The Balaban J connectivity index is 2.04. The van der Waals surface area contributed by atoms with Gasteiger partial charge >= 0.3 is 5.97 Å². The van der Waals surface area contributed by atoms with Gasteiger partial charge in [-0.1, -0.05) is 25.7 Å². The minimum absolute atomic E-state index is 0.00422. The van der Waals surface area contributed by atoms with E-state index >= 15 is 0 Å². The Morgan fingerprint density at radius 1 is 1.23 bits per heavy atom. The van der Waals surface area contributed by atoms with Crippen molar-refractivity contribution in [3.63, 3.8) is 0 Å². The highest BCUT2D eigenvalue weighted by Gasteiger charge is 2.42. The maximum absolute atomic E-state index is 14.0. The zero-order valence-electron chi connectivity index (χ0n) is 21.7. The van der Waals surface area contributed by atoms with Crippen LogP contribution in [0.1, 0.15) is 81.3 Å². The fourth-order valence-electron chi connectivity index (χ4n) is 4.61. The van der Waals surface area contributed by atoms with Gasteiger partial charge in [0.15, 0.2) is 0 Å². The molecule has 1 atom stereocenters. The predicted molar refractivity (Wildman–Crippen MR) is 138 cm³/mol. The van der Waals surface area contributed by atoms with E-state index in [4.69, 9.17) is 4.74 Å². The molecule has 1 aromatic rings. The summed E-state index contributed by atoms with van der Waals surface area (Å²) in [5, 5.41) is 10.0. The van der Waals surface area contributed by atoms with Crippen molar-refractivity contribution in [2.75, 3.05) is 25.1 Å². The van der Waals surface area contributed by atoms with Crippen molar-refractivity contribution in [3.8, 4) is 11.8 Å². The second-order valence-corrected chi connectivity index (χ2v) is 11.9. The molecule has 192 valence electrons. The summed E-state index contributed by atoms with van der Waals surface area (Å²) >= 11 is 1.06. The Kier molecular flexibility index (Phi) is 8.66. The second kappa shape index (κ2) is 11.1. The van der Waals surface area contributed by atoms with Gasteiger partial charge in [-0.3, -0.25) is 14.5 Å². The Labute approximate surface area is 212 Å². The molecule has 3 rings (SSSR count). The monoisotopic (exact) mass is 502 g/mol. The van der Waals surface area contributed by atoms with Crippen LogP contribution < -0.4 is 4.90 Å². The van der Waals surface area contributed by atoms with Crippen molar-refractivity contribution in [3.05, 3.63) is 15.8 Å². The molecule has 1 saturated carbocycles. The third-order valence-electron chi connectivity index (χ3n) is 6.81. The number of carbonyl (C=O) groups excluding carboxylic acids is 2. The SMILES string of the molecule is CC[C@@H](C(=O)N1CC(OC)C1)N(C(=O)C1CCC(C)CC1)c1cc(C#CC(C)(C)C)sc1C(=O)O. The molecule has 2 heterocycles. The first-order chi connectivity index (χ1) is 16.4. The number of hydrogen-bond donors (Lipinski definition) is 1. The molecule has 0 spiro atoms. The molecule has 2 fully saturated rings. The molecule has 2 aliphatic rings. The molecule has 1 aromatic heterocycles. The third-order valence-corrected chi connectivity index (χ3v) is 7.83. The molecule has 2 amide bonds. The van der Waals surface area contributed by atoms with Crippen LogP contribution in [0.5, 0.6) is 0 Å². The molecule has 1 aliphatic carbocycles. The van der Waals surface area contributed by atoms with E-state index in [2.05, 4.69) is 18.8 Å². The normalized spacial score (nSPS) is 21.5. The summed E-state index contributed by atoms with van der Waals surface area (Å²) in [6.45, 7) is 11.0. The largest absolute Gasteiger partial charge is 0.477 e. The molecule has 0 radical (unpaired) electrons. The van der Waals surface area contributed by atoms with Crippen molar-refractivity contribution < 1.29 is 24.2 Å². The van der Waals surface area contributed by atoms with E-state index in [1.54, 1.807) is 18.1 Å². The fraction of sp³-hybridized carbons (Fsp3) is 0.667. The molecule has 1 saturated heterocycles. The lowest BCUT2D eigenvalue weighted by Crippen LogP contribution is -2.61. The van der Waals surface area contributed by atoms with Crippen LogP contribution in [0.15, 0.2) is 6.07 Å². The topological polar surface area (TPSA) is 87.2 Å². The average molecular weight is 503 g/mol. The molecule has 0 bridgehead atoms. The van der Waals surface area contributed by atoms with Crippen LogP contribution in [-0.2, 0) is 14.3 Å². The van der Waals surface area contributed by atoms with E-state index < -0.39 is 12.0 Å². The summed E-state index contributed by atoms with van der Waals surface area (Å²) in [6, 6.07) is 0.913. The maximum atomic E-state index is 14.0. The molecule has 8 heteroatoms. The number of nitrogens with zero attached hydrogens (tertiary/aromatic N) is 2. The summed E-state index contributed by atoms with van der Waals surface area (Å²) in [4.78, 5) is 43.6. The highest BCUT2D eigenvalue weighted by atomic mass is 32.1. The molecule has 1 aliphatic heterocycles. The molecule has 0 unspecified atom stereocenters. The van der Waals surface area contributed by atoms with Crippen molar-refractivity contribution in [2.24, 2.45) is 17.3 Å². The molecule has 1 N–H and O–H groups in total. The van der Waals surface area contributed by atoms with Crippen LogP contribution >= 0.6 is 11.3 Å². The number of carbonyl (C=O) groups is 3. The van der Waals surface area contributed by atoms with Gasteiger partial charge in [-0.15, -0.1) is 11.3 Å². The fourth-order valence-corrected chi connectivity index (χ4v) is 5.46. The number of hydrogen-bond acceptors (Lipinski definition) is 5. The lowest BCUT2D eigenvalue weighted by atomic mass is 9.82. The van der Waals surface area contributed by atoms with E-state index in [-0.39, 0.29) is 39.8 Å². The third kappa shape index (κ3) is 6.45. The van der Waals surface area contributed by atoms with E-state index in [0.29, 0.717) is 30.3 Å². The van der Waals surface area contributed by atoms with Gasteiger partial charge < -0.3 is 14.7 Å². The van der Waals surface area contributed by atoms with Crippen molar-refractivity contribution in [2.45, 2.75) is 78.9 Å². The molecule has 0 aromatic carbocycles. The summed E-state index contributed by atoms with van der Waals surface area (Å²) < 4.78 is 5.32. The standard InChI is InChI=1S/C27H38N2O5S/c1-7-21(25(31)28-15-19(16-28)34-6)29(24(30)18-10-8-17(2)9-11-18)22-14-20(12-13-27(3,4)5)35-23(22)26(32)33/h14,17-19,21H,7-11,15-16H2,1-6H3,(H,32,33)/t17?,18?,21-/m0/s1. The van der Waals surface area contributed by atoms with E-state index in [9.17, 15) is 19.5 Å². The Hall–Kier alpha value is -2.37. The number of amides is 2. The zero-order valence-corrected chi connectivity index (χ0v) is 22.5. The van der Waals surface area contributed by atoms with Crippen LogP contribution in [0.4, 0.5) is 5.69 Å². The number of ether oxygens (including phenoxy) is 1. The van der Waals surface area contributed by atoms with E-state index in [0.717, 1.165) is 37.0 Å². The first kappa shape index (κ1) is 27.2. The highest BCUT2D eigenvalue weighted by molar-refractivity contribution is 7.15. The van der Waals surface area contributed by atoms with E-state index in [1.807, 2.05) is 27.7 Å². The summed E-state index contributed by atoms with van der Waals surface area (Å²) in [5.74, 6) is 5.13. The second-order valence-electron chi connectivity index (χ2n) is 10.8. The van der Waals surface area contributed by atoms with Gasteiger partial charge in [-0.05, 0) is 64.9 Å².